The number of rotatable bonds is 3. The molecule has 0 bridgehead atoms. The third kappa shape index (κ3) is 3.57. The molecule has 2 N–H and O–H groups in total. The lowest BCUT2D eigenvalue weighted by molar-refractivity contribution is -0.0586. The van der Waals surface area contributed by atoms with E-state index >= 15 is 0 Å². The van der Waals surface area contributed by atoms with Crippen molar-refractivity contribution in [3.63, 3.8) is 0 Å². The van der Waals surface area contributed by atoms with E-state index in [1.807, 2.05) is 19.9 Å². The van der Waals surface area contributed by atoms with Gasteiger partial charge in [-0.25, -0.2) is 4.79 Å². The maximum absolute atomic E-state index is 12.8. The molecule has 1 amide bonds. The minimum absolute atomic E-state index is 0.0122. The van der Waals surface area contributed by atoms with E-state index in [1.165, 1.54) is 17.9 Å². The fourth-order valence-corrected chi connectivity index (χ4v) is 3.41. The molecule has 0 radical (unpaired) electrons. The Balaban J connectivity index is 1.90. The fourth-order valence-electron chi connectivity index (χ4n) is 3.41. The number of nitrogens with zero attached hydrogens (tertiary/aromatic N) is 3. The van der Waals surface area contributed by atoms with E-state index in [9.17, 15) is 14.9 Å². The second-order valence-corrected chi connectivity index (χ2v) is 6.79. The van der Waals surface area contributed by atoms with Gasteiger partial charge in [0.25, 0.3) is 5.91 Å². The number of hydrogen-bond donors (Lipinski definition) is 1. The van der Waals surface area contributed by atoms with Crippen LogP contribution in [0.1, 0.15) is 40.3 Å². The maximum Gasteiger partial charge on any atom is 0.357 e. The molecule has 1 fully saturated rings. The van der Waals surface area contributed by atoms with Gasteiger partial charge in [0.1, 0.15) is 6.07 Å². The van der Waals surface area contributed by atoms with Gasteiger partial charge in [-0.3, -0.25) is 4.79 Å². The summed E-state index contributed by atoms with van der Waals surface area (Å²) in [5, 5.41) is 9.21. The summed E-state index contributed by atoms with van der Waals surface area (Å²) >= 11 is 0. The number of hydrogen-bond acceptors (Lipinski definition) is 6. The highest BCUT2D eigenvalue weighted by Gasteiger charge is 2.27. The highest BCUT2D eigenvalue weighted by molar-refractivity contribution is 5.96. The zero-order valence-electron chi connectivity index (χ0n) is 16.0. The Bertz CT molecular complexity index is 932. The molecule has 2 unspecified atom stereocenters. The molecule has 0 aliphatic carbocycles. The summed E-state index contributed by atoms with van der Waals surface area (Å²) < 4.78 is 11.9. The van der Waals surface area contributed by atoms with Gasteiger partial charge in [0.2, 0.25) is 0 Å². The Hall–Kier alpha value is -3.31. The van der Waals surface area contributed by atoms with E-state index in [2.05, 4.69) is 0 Å². The van der Waals surface area contributed by atoms with E-state index in [1.54, 1.807) is 29.2 Å². The average molecular weight is 382 g/mol. The first-order valence-corrected chi connectivity index (χ1v) is 8.90. The first-order chi connectivity index (χ1) is 13.3. The van der Waals surface area contributed by atoms with Gasteiger partial charge in [-0.15, -0.1) is 0 Å². The molecule has 1 aromatic heterocycles. The van der Waals surface area contributed by atoms with Gasteiger partial charge in [0.05, 0.1) is 30.6 Å². The number of nitriles is 1. The van der Waals surface area contributed by atoms with Gasteiger partial charge in [-0.2, -0.15) is 5.26 Å². The van der Waals surface area contributed by atoms with E-state index in [0.29, 0.717) is 24.3 Å². The lowest BCUT2D eigenvalue weighted by atomic mass is 10.1. The summed E-state index contributed by atoms with van der Waals surface area (Å²) in [6.45, 7) is 4.96. The Morgan fingerprint density at radius 3 is 2.36 bits per heavy atom. The number of nitrogen functional groups attached to an aromatic ring is 1. The third-order valence-electron chi connectivity index (χ3n) is 4.64. The smallest absolute Gasteiger partial charge is 0.357 e. The fraction of sp³-hybridized carbons (Fsp3) is 0.350. The molecular weight excluding hydrogens is 360 g/mol. The molecule has 28 heavy (non-hydrogen) atoms. The molecule has 8 nitrogen and oxygen atoms in total. The molecule has 1 aliphatic rings. The zero-order chi connectivity index (χ0) is 20.4. The molecule has 0 spiro atoms. The van der Waals surface area contributed by atoms with Crippen LogP contribution in [0.2, 0.25) is 0 Å². The van der Waals surface area contributed by atoms with Crippen molar-refractivity contribution in [1.82, 2.24) is 9.47 Å². The van der Waals surface area contributed by atoms with Crippen molar-refractivity contribution >= 4 is 17.6 Å². The highest BCUT2D eigenvalue weighted by atomic mass is 16.5. The number of carbonyl (C=O) groups is 2. The summed E-state index contributed by atoms with van der Waals surface area (Å²) in [5.74, 6) is -0.720. The summed E-state index contributed by atoms with van der Waals surface area (Å²) in [6.07, 6.45) is 1.45. The number of morpholine rings is 1. The van der Waals surface area contributed by atoms with Crippen LogP contribution in [0.25, 0.3) is 5.69 Å². The van der Waals surface area contributed by atoms with E-state index in [-0.39, 0.29) is 35.1 Å². The van der Waals surface area contributed by atoms with E-state index in [4.69, 9.17) is 15.2 Å². The Morgan fingerprint density at radius 2 is 1.82 bits per heavy atom. The molecule has 2 atom stereocenters. The second kappa shape index (κ2) is 7.74. The number of carbonyl (C=O) groups excluding carboxylic acids is 2. The van der Waals surface area contributed by atoms with Gasteiger partial charge < -0.3 is 24.7 Å². The minimum atomic E-state index is -0.643. The maximum atomic E-state index is 12.8. The van der Waals surface area contributed by atoms with Crippen molar-refractivity contribution in [2.75, 3.05) is 25.9 Å². The van der Waals surface area contributed by atoms with Crippen molar-refractivity contribution in [2.45, 2.75) is 26.1 Å². The molecule has 1 saturated heterocycles. The monoisotopic (exact) mass is 382 g/mol. The SMILES string of the molecule is COC(=O)c1c(N)c(C#N)cn1-c1ccc(C(=O)N2CC(C)OC(C)C2)cc1. The summed E-state index contributed by atoms with van der Waals surface area (Å²) in [4.78, 5) is 26.7. The number of esters is 1. The second-order valence-electron chi connectivity index (χ2n) is 6.79. The topological polar surface area (TPSA) is 111 Å². The first kappa shape index (κ1) is 19.5. The quantitative estimate of drug-likeness (QED) is 0.813. The number of methoxy groups -OCH3 is 1. The van der Waals surface area contributed by atoms with Crippen molar-refractivity contribution in [2.24, 2.45) is 0 Å². The molecule has 1 aliphatic heterocycles. The number of benzene rings is 1. The van der Waals surface area contributed by atoms with Crippen LogP contribution in [0, 0.1) is 11.3 Å². The number of anilines is 1. The molecule has 2 aromatic rings. The van der Waals surface area contributed by atoms with Crippen molar-refractivity contribution in [3.8, 4) is 11.8 Å². The van der Waals surface area contributed by atoms with Crippen molar-refractivity contribution in [1.29, 1.82) is 5.26 Å². The van der Waals surface area contributed by atoms with Crippen LogP contribution < -0.4 is 5.73 Å². The third-order valence-corrected chi connectivity index (χ3v) is 4.64. The Kier molecular flexibility index (Phi) is 5.38. The summed E-state index contributed by atoms with van der Waals surface area (Å²) in [7, 11) is 1.25. The average Bonchev–Trinajstić information content (AvgIpc) is 3.02. The Labute approximate surface area is 163 Å². The highest BCUT2D eigenvalue weighted by Crippen LogP contribution is 2.25. The number of nitrogens with two attached hydrogens (primary N) is 1. The van der Waals surface area contributed by atoms with Crippen LogP contribution in [-0.4, -0.2) is 53.8 Å². The van der Waals surface area contributed by atoms with Crippen LogP contribution in [0.3, 0.4) is 0 Å². The largest absolute Gasteiger partial charge is 0.464 e. The molecule has 8 heteroatoms. The van der Waals surface area contributed by atoms with Gasteiger partial charge >= 0.3 is 5.97 Å². The predicted molar refractivity (Wildman–Crippen MR) is 102 cm³/mol. The lowest BCUT2D eigenvalue weighted by Crippen LogP contribution is -2.48. The van der Waals surface area contributed by atoms with Crippen LogP contribution in [0.4, 0.5) is 5.69 Å². The summed E-state index contributed by atoms with van der Waals surface area (Å²) in [5.41, 5.74) is 7.35. The van der Waals surface area contributed by atoms with Gasteiger partial charge in [-0.05, 0) is 38.1 Å². The normalized spacial score (nSPS) is 19.1. The van der Waals surface area contributed by atoms with Crippen molar-refractivity contribution in [3.05, 3.63) is 47.3 Å². The Morgan fingerprint density at radius 1 is 1.21 bits per heavy atom. The molecule has 3 rings (SSSR count). The standard InChI is InChI=1S/C20H22N4O4/c1-12-9-23(10-13(2)28-12)19(25)14-4-6-16(7-5-14)24-11-15(8-21)17(22)18(24)20(26)27-3/h4-7,11-13H,9-10,22H2,1-3H3. The van der Waals surface area contributed by atoms with E-state index in [0.717, 1.165) is 0 Å². The van der Waals surface area contributed by atoms with Crippen LogP contribution in [-0.2, 0) is 9.47 Å². The van der Waals surface area contributed by atoms with Gasteiger partial charge in [-0.1, -0.05) is 0 Å². The van der Waals surface area contributed by atoms with Gasteiger partial charge in [0.15, 0.2) is 5.69 Å². The number of aromatic nitrogens is 1. The molecule has 0 saturated carbocycles. The van der Waals surface area contributed by atoms with Crippen LogP contribution in [0.5, 0.6) is 0 Å². The zero-order valence-corrected chi connectivity index (χ0v) is 16.0. The van der Waals surface area contributed by atoms with Crippen LogP contribution in [0.15, 0.2) is 30.5 Å². The van der Waals surface area contributed by atoms with Gasteiger partial charge in [0, 0.05) is 30.5 Å². The first-order valence-electron chi connectivity index (χ1n) is 8.90. The minimum Gasteiger partial charge on any atom is -0.464 e. The summed E-state index contributed by atoms with van der Waals surface area (Å²) in [6, 6.07) is 8.74. The number of amides is 1. The molecule has 146 valence electrons. The molecule has 1 aromatic carbocycles. The number of ether oxygens (including phenoxy) is 2. The predicted octanol–water partition coefficient (Wildman–Crippen LogP) is 1.97. The molecule has 2 heterocycles. The van der Waals surface area contributed by atoms with E-state index < -0.39 is 5.97 Å². The van der Waals surface area contributed by atoms with Crippen molar-refractivity contribution < 1.29 is 19.1 Å². The lowest BCUT2D eigenvalue weighted by Gasteiger charge is -2.35. The molecular formula is C20H22N4O4. The van der Waals surface area contributed by atoms with Crippen LogP contribution >= 0.6 is 0 Å².